The van der Waals surface area contributed by atoms with Gasteiger partial charge in [0.25, 0.3) is 0 Å². The van der Waals surface area contributed by atoms with E-state index in [4.69, 9.17) is 4.74 Å². The molecule has 1 unspecified atom stereocenters. The van der Waals surface area contributed by atoms with E-state index in [1.165, 1.54) is 12.1 Å². The molecular weight excluding hydrogens is 221 g/mol. The standard InChI is InChI=1S/C12H14FN3O/c1-14-12(10-5-6-15-16-10)9-7-8(13)3-4-11(9)17-2/h3-7,12,14H,1-2H3,(H,15,16). The lowest BCUT2D eigenvalue weighted by Crippen LogP contribution is -2.19. The van der Waals surface area contributed by atoms with Crippen molar-refractivity contribution >= 4 is 0 Å². The van der Waals surface area contributed by atoms with E-state index in [0.29, 0.717) is 5.75 Å². The van der Waals surface area contributed by atoms with E-state index in [-0.39, 0.29) is 11.9 Å². The zero-order valence-corrected chi connectivity index (χ0v) is 9.70. The van der Waals surface area contributed by atoms with Gasteiger partial charge in [-0.2, -0.15) is 5.10 Å². The molecule has 5 heteroatoms. The normalized spacial score (nSPS) is 12.4. The van der Waals surface area contributed by atoms with Crippen molar-refractivity contribution in [3.8, 4) is 5.75 Å². The molecule has 2 N–H and O–H groups in total. The van der Waals surface area contributed by atoms with Gasteiger partial charge in [-0.15, -0.1) is 0 Å². The molecule has 2 rings (SSSR count). The van der Waals surface area contributed by atoms with Gasteiger partial charge in [0.1, 0.15) is 11.6 Å². The summed E-state index contributed by atoms with van der Waals surface area (Å²) in [7, 11) is 3.37. The van der Waals surface area contributed by atoms with Crippen molar-refractivity contribution in [1.29, 1.82) is 0 Å². The first-order valence-corrected chi connectivity index (χ1v) is 5.26. The molecule has 1 aromatic carbocycles. The van der Waals surface area contributed by atoms with Crippen LogP contribution in [0.25, 0.3) is 0 Å². The molecule has 1 aromatic heterocycles. The molecule has 90 valence electrons. The highest BCUT2D eigenvalue weighted by Gasteiger charge is 2.18. The molecule has 17 heavy (non-hydrogen) atoms. The molecule has 0 fully saturated rings. The van der Waals surface area contributed by atoms with Crippen molar-refractivity contribution in [2.75, 3.05) is 14.2 Å². The highest BCUT2D eigenvalue weighted by Crippen LogP contribution is 2.29. The molecule has 0 radical (unpaired) electrons. The summed E-state index contributed by atoms with van der Waals surface area (Å²) in [6, 6.07) is 6.11. The maximum absolute atomic E-state index is 13.3. The number of nitrogens with zero attached hydrogens (tertiary/aromatic N) is 1. The van der Waals surface area contributed by atoms with Gasteiger partial charge in [-0.25, -0.2) is 4.39 Å². The lowest BCUT2D eigenvalue weighted by atomic mass is 10.0. The molecule has 0 aliphatic carbocycles. The highest BCUT2D eigenvalue weighted by atomic mass is 19.1. The van der Waals surface area contributed by atoms with Crippen molar-refractivity contribution < 1.29 is 9.13 Å². The van der Waals surface area contributed by atoms with E-state index in [0.717, 1.165) is 11.3 Å². The molecule has 0 saturated carbocycles. The SMILES string of the molecule is CNC(c1ccn[nH]1)c1cc(F)ccc1OC. The number of ether oxygens (including phenoxy) is 1. The van der Waals surface area contributed by atoms with Gasteiger partial charge in [0.15, 0.2) is 0 Å². The maximum Gasteiger partial charge on any atom is 0.124 e. The van der Waals surface area contributed by atoms with Crippen LogP contribution in [-0.4, -0.2) is 24.4 Å². The van der Waals surface area contributed by atoms with E-state index in [9.17, 15) is 4.39 Å². The molecule has 0 aliphatic rings. The van der Waals surface area contributed by atoms with Crippen molar-refractivity contribution in [3.63, 3.8) is 0 Å². The molecule has 0 amide bonds. The number of nitrogens with one attached hydrogen (secondary N) is 2. The third-order valence-corrected chi connectivity index (χ3v) is 2.62. The molecule has 0 aliphatic heterocycles. The Labute approximate surface area is 98.8 Å². The Morgan fingerprint density at radius 3 is 2.82 bits per heavy atom. The van der Waals surface area contributed by atoms with Crippen LogP contribution >= 0.6 is 0 Å². The number of hydrogen-bond acceptors (Lipinski definition) is 3. The first-order chi connectivity index (χ1) is 8.26. The van der Waals surface area contributed by atoms with E-state index < -0.39 is 0 Å². The van der Waals surface area contributed by atoms with E-state index in [1.54, 1.807) is 26.4 Å². The monoisotopic (exact) mass is 235 g/mol. The van der Waals surface area contributed by atoms with Gasteiger partial charge >= 0.3 is 0 Å². The first kappa shape index (κ1) is 11.6. The molecular formula is C12H14FN3O. The number of aromatic amines is 1. The van der Waals surface area contributed by atoms with Crippen LogP contribution in [0.15, 0.2) is 30.5 Å². The molecule has 1 atom stereocenters. The van der Waals surface area contributed by atoms with Crippen molar-refractivity contribution in [1.82, 2.24) is 15.5 Å². The number of aromatic nitrogens is 2. The van der Waals surface area contributed by atoms with Gasteiger partial charge in [-0.3, -0.25) is 5.10 Å². The second kappa shape index (κ2) is 4.97. The summed E-state index contributed by atoms with van der Waals surface area (Å²) >= 11 is 0. The van der Waals surface area contributed by atoms with Gasteiger partial charge in [-0.05, 0) is 31.3 Å². The Hall–Kier alpha value is -1.88. The third-order valence-electron chi connectivity index (χ3n) is 2.62. The van der Waals surface area contributed by atoms with Crippen LogP contribution < -0.4 is 10.1 Å². The van der Waals surface area contributed by atoms with Crippen LogP contribution in [0.1, 0.15) is 17.3 Å². The number of hydrogen-bond donors (Lipinski definition) is 2. The van der Waals surface area contributed by atoms with Crippen LogP contribution in [-0.2, 0) is 0 Å². The minimum Gasteiger partial charge on any atom is -0.496 e. The Morgan fingerprint density at radius 1 is 1.41 bits per heavy atom. The summed E-state index contributed by atoms with van der Waals surface area (Å²) in [5.41, 5.74) is 1.59. The van der Waals surface area contributed by atoms with Crippen LogP contribution in [0.4, 0.5) is 4.39 Å². The Kier molecular flexibility index (Phi) is 3.39. The van der Waals surface area contributed by atoms with E-state index in [2.05, 4.69) is 15.5 Å². The van der Waals surface area contributed by atoms with Gasteiger partial charge in [-0.1, -0.05) is 0 Å². The predicted octanol–water partition coefficient (Wildman–Crippen LogP) is 1.87. The summed E-state index contributed by atoms with van der Waals surface area (Å²) in [5.74, 6) is 0.348. The largest absolute Gasteiger partial charge is 0.496 e. The minimum atomic E-state index is -0.291. The molecule has 4 nitrogen and oxygen atoms in total. The zero-order valence-electron chi connectivity index (χ0n) is 9.70. The van der Waals surface area contributed by atoms with Crippen LogP contribution in [0, 0.1) is 5.82 Å². The molecule has 0 bridgehead atoms. The Morgan fingerprint density at radius 2 is 2.24 bits per heavy atom. The van der Waals surface area contributed by atoms with Gasteiger partial charge in [0.05, 0.1) is 18.8 Å². The number of H-pyrrole nitrogens is 1. The predicted molar refractivity (Wildman–Crippen MR) is 62.4 cm³/mol. The molecule has 1 heterocycles. The fourth-order valence-electron chi connectivity index (χ4n) is 1.84. The zero-order chi connectivity index (χ0) is 12.3. The van der Waals surface area contributed by atoms with E-state index >= 15 is 0 Å². The topological polar surface area (TPSA) is 49.9 Å². The fraction of sp³-hybridized carbons (Fsp3) is 0.250. The van der Waals surface area contributed by atoms with E-state index in [1.807, 2.05) is 6.07 Å². The molecule has 0 spiro atoms. The number of halogens is 1. The van der Waals surface area contributed by atoms with Crippen molar-refractivity contribution in [2.45, 2.75) is 6.04 Å². The van der Waals surface area contributed by atoms with Crippen LogP contribution in [0.3, 0.4) is 0 Å². The summed E-state index contributed by atoms with van der Waals surface area (Å²) < 4.78 is 18.6. The fourth-order valence-corrected chi connectivity index (χ4v) is 1.84. The van der Waals surface area contributed by atoms with Gasteiger partial charge in [0.2, 0.25) is 0 Å². The number of benzene rings is 1. The minimum absolute atomic E-state index is 0.178. The Balaban J connectivity index is 2.46. The van der Waals surface area contributed by atoms with Crippen LogP contribution in [0.5, 0.6) is 5.75 Å². The lowest BCUT2D eigenvalue weighted by molar-refractivity contribution is 0.403. The quantitative estimate of drug-likeness (QED) is 0.850. The third kappa shape index (κ3) is 2.29. The second-order valence-electron chi connectivity index (χ2n) is 3.62. The van der Waals surface area contributed by atoms with Gasteiger partial charge < -0.3 is 10.1 Å². The summed E-state index contributed by atoms with van der Waals surface area (Å²) in [5, 5.41) is 9.87. The average Bonchev–Trinajstić information content (AvgIpc) is 2.84. The second-order valence-corrected chi connectivity index (χ2v) is 3.62. The molecule has 0 saturated heterocycles. The number of methoxy groups -OCH3 is 1. The molecule has 2 aromatic rings. The van der Waals surface area contributed by atoms with Crippen LogP contribution in [0.2, 0.25) is 0 Å². The van der Waals surface area contributed by atoms with Crippen molar-refractivity contribution in [3.05, 3.63) is 47.5 Å². The highest BCUT2D eigenvalue weighted by molar-refractivity contribution is 5.40. The van der Waals surface area contributed by atoms with Gasteiger partial charge in [0, 0.05) is 11.8 Å². The average molecular weight is 235 g/mol. The maximum atomic E-state index is 13.3. The Bertz CT molecular complexity index is 485. The number of rotatable bonds is 4. The van der Waals surface area contributed by atoms with Crippen molar-refractivity contribution in [2.24, 2.45) is 0 Å². The summed E-state index contributed by atoms with van der Waals surface area (Å²) in [6.45, 7) is 0. The summed E-state index contributed by atoms with van der Waals surface area (Å²) in [4.78, 5) is 0. The smallest absolute Gasteiger partial charge is 0.124 e. The lowest BCUT2D eigenvalue weighted by Gasteiger charge is -2.18. The summed E-state index contributed by atoms with van der Waals surface area (Å²) in [6.07, 6.45) is 1.66. The first-order valence-electron chi connectivity index (χ1n) is 5.26.